The summed E-state index contributed by atoms with van der Waals surface area (Å²) < 4.78 is 16.4. The summed E-state index contributed by atoms with van der Waals surface area (Å²) in [6, 6.07) is 13.0. The highest BCUT2D eigenvalue weighted by molar-refractivity contribution is 6.32. The summed E-state index contributed by atoms with van der Waals surface area (Å²) in [6.45, 7) is 2.58. The number of methoxy groups -OCH3 is 2. The molecule has 0 aliphatic rings. The van der Waals surface area contributed by atoms with Crippen molar-refractivity contribution >= 4 is 17.3 Å². The Morgan fingerprint density at radius 3 is 2.50 bits per heavy atom. The third-order valence-electron chi connectivity index (χ3n) is 3.15. The van der Waals surface area contributed by atoms with E-state index in [1.165, 1.54) is 0 Å². The molecule has 0 fully saturated rings. The maximum Gasteiger partial charge on any atom is 0.142 e. The Morgan fingerprint density at radius 2 is 1.82 bits per heavy atom. The molecule has 0 aliphatic carbocycles. The zero-order valence-electron chi connectivity index (χ0n) is 12.9. The minimum absolute atomic E-state index is 0.0594. The number of benzene rings is 2. The zero-order valence-corrected chi connectivity index (χ0v) is 13.7. The number of nitrogens with one attached hydrogen (secondary N) is 1. The van der Waals surface area contributed by atoms with E-state index in [4.69, 9.17) is 25.8 Å². The number of hydrogen-bond acceptors (Lipinski definition) is 4. The maximum absolute atomic E-state index is 6.09. The van der Waals surface area contributed by atoms with Gasteiger partial charge >= 0.3 is 0 Å². The fraction of sp³-hybridized carbons (Fsp3) is 0.294. The van der Waals surface area contributed by atoms with E-state index in [2.05, 4.69) is 5.32 Å². The van der Waals surface area contributed by atoms with E-state index in [0.29, 0.717) is 17.3 Å². The van der Waals surface area contributed by atoms with Crippen LogP contribution in [0.5, 0.6) is 17.2 Å². The van der Waals surface area contributed by atoms with Crippen LogP contribution in [-0.4, -0.2) is 26.9 Å². The Morgan fingerprint density at radius 1 is 1.05 bits per heavy atom. The Balaban J connectivity index is 1.99. The van der Waals surface area contributed by atoms with Crippen molar-refractivity contribution in [1.82, 2.24) is 0 Å². The van der Waals surface area contributed by atoms with Crippen LogP contribution in [0.3, 0.4) is 0 Å². The zero-order chi connectivity index (χ0) is 15.9. The summed E-state index contributed by atoms with van der Waals surface area (Å²) in [7, 11) is 3.27. The second kappa shape index (κ2) is 7.80. The van der Waals surface area contributed by atoms with E-state index < -0.39 is 0 Å². The summed E-state index contributed by atoms with van der Waals surface area (Å²) in [5.41, 5.74) is 0.858. The van der Waals surface area contributed by atoms with Gasteiger partial charge in [0.1, 0.15) is 23.4 Å². The van der Waals surface area contributed by atoms with Gasteiger partial charge in [0.25, 0.3) is 0 Å². The van der Waals surface area contributed by atoms with Crippen molar-refractivity contribution in [2.45, 2.75) is 13.0 Å². The van der Waals surface area contributed by atoms with E-state index >= 15 is 0 Å². The fourth-order valence-electron chi connectivity index (χ4n) is 2.00. The molecule has 0 bridgehead atoms. The SMILES string of the molecule is COc1ccc(OC)c(NCC(C)Oc2ccccc2Cl)c1. The minimum Gasteiger partial charge on any atom is -0.497 e. The molecule has 0 saturated carbocycles. The smallest absolute Gasteiger partial charge is 0.142 e. The van der Waals surface area contributed by atoms with Crippen LogP contribution < -0.4 is 19.5 Å². The highest BCUT2D eigenvalue weighted by atomic mass is 35.5. The van der Waals surface area contributed by atoms with Gasteiger partial charge in [0.2, 0.25) is 0 Å². The summed E-state index contributed by atoms with van der Waals surface area (Å²) in [5, 5.41) is 3.91. The molecule has 0 heterocycles. The standard InChI is InChI=1S/C17H20ClNO3/c1-12(22-16-7-5-4-6-14(16)18)11-19-15-10-13(20-2)8-9-17(15)21-3/h4-10,12,19H,11H2,1-3H3. The third-order valence-corrected chi connectivity index (χ3v) is 3.46. The van der Waals surface area contributed by atoms with Crippen molar-refractivity contribution in [3.63, 3.8) is 0 Å². The number of anilines is 1. The van der Waals surface area contributed by atoms with Crippen LogP contribution in [0.15, 0.2) is 42.5 Å². The lowest BCUT2D eigenvalue weighted by Gasteiger charge is -2.18. The molecule has 4 nitrogen and oxygen atoms in total. The average Bonchev–Trinajstić information content (AvgIpc) is 2.54. The van der Waals surface area contributed by atoms with E-state index in [-0.39, 0.29) is 6.10 Å². The molecule has 2 rings (SSSR count). The van der Waals surface area contributed by atoms with Crippen molar-refractivity contribution in [3.8, 4) is 17.2 Å². The van der Waals surface area contributed by atoms with Gasteiger partial charge in [-0.3, -0.25) is 0 Å². The molecule has 22 heavy (non-hydrogen) atoms. The first kappa shape index (κ1) is 16.3. The molecule has 0 spiro atoms. The number of rotatable bonds is 7. The summed E-state index contributed by atoms with van der Waals surface area (Å²) >= 11 is 6.09. The first-order chi connectivity index (χ1) is 10.6. The molecule has 2 aromatic carbocycles. The van der Waals surface area contributed by atoms with E-state index in [1.54, 1.807) is 14.2 Å². The molecule has 1 atom stereocenters. The van der Waals surface area contributed by atoms with E-state index in [0.717, 1.165) is 17.2 Å². The molecular formula is C17H20ClNO3. The normalized spacial score (nSPS) is 11.6. The van der Waals surface area contributed by atoms with Crippen molar-refractivity contribution in [3.05, 3.63) is 47.5 Å². The maximum atomic E-state index is 6.09. The molecule has 1 N–H and O–H groups in total. The van der Waals surface area contributed by atoms with Gasteiger partial charge in [0.05, 0.1) is 31.5 Å². The molecule has 5 heteroatoms. The van der Waals surface area contributed by atoms with Gasteiger partial charge in [-0.25, -0.2) is 0 Å². The Kier molecular flexibility index (Phi) is 5.78. The van der Waals surface area contributed by atoms with Gasteiger partial charge in [-0.15, -0.1) is 0 Å². The molecular weight excluding hydrogens is 302 g/mol. The Hall–Kier alpha value is -2.07. The number of ether oxygens (including phenoxy) is 3. The van der Waals surface area contributed by atoms with Crippen LogP contribution in [0.1, 0.15) is 6.92 Å². The summed E-state index contributed by atoms with van der Waals surface area (Å²) in [4.78, 5) is 0. The van der Waals surface area contributed by atoms with Gasteiger partial charge in [-0.05, 0) is 31.2 Å². The minimum atomic E-state index is -0.0594. The Bertz CT molecular complexity index is 619. The lowest BCUT2D eigenvalue weighted by Crippen LogP contribution is -2.23. The van der Waals surface area contributed by atoms with Gasteiger partial charge < -0.3 is 19.5 Å². The van der Waals surface area contributed by atoms with Crippen LogP contribution in [0, 0.1) is 0 Å². The molecule has 0 saturated heterocycles. The first-order valence-electron chi connectivity index (χ1n) is 7.01. The Labute approximate surface area is 136 Å². The fourth-order valence-corrected chi connectivity index (χ4v) is 2.18. The summed E-state index contributed by atoms with van der Waals surface area (Å²) in [6.07, 6.45) is -0.0594. The molecule has 0 radical (unpaired) electrons. The third kappa shape index (κ3) is 4.21. The average molecular weight is 322 g/mol. The quantitative estimate of drug-likeness (QED) is 0.828. The van der Waals surface area contributed by atoms with E-state index in [9.17, 15) is 0 Å². The van der Waals surface area contributed by atoms with Gasteiger partial charge in [0, 0.05) is 6.07 Å². The van der Waals surface area contributed by atoms with Crippen LogP contribution in [0.25, 0.3) is 0 Å². The number of hydrogen-bond donors (Lipinski definition) is 1. The first-order valence-corrected chi connectivity index (χ1v) is 7.39. The lowest BCUT2D eigenvalue weighted by molar-refractivity contribution is 0.235. The van der Waals surface area contributed by atoms with Crippen molar-refractivity contribution in [2.75, 3.05) is 26.1 Å². The van der Waals surface area contributed by atoms with Crippen LogP contribution in [0.4, 0.5) is 5.69 Å². The monoisotopic (exact) mass is 321 g/mol. The predicted molar refractivity (Wildman–Crippen MR) is 89.6 cm³/mol. The second-order valence-corrected chi connectivity index (χ2v) is 5.21. The van der Waals surface area contributed by atoms with Gasteiger partial charge in [-0.2, -0.15) is 0 Å². The van der Waals surface area contributed by atoms with Crippen molar-refractivity contribution in [2.24, 2.45) is 0 Å². The second-order valence-electron chi connectivity index (χ2n) is 4.81. The van der Waals surface area contributed by atoms with Gasteiger partial charge in [0.15, 0.2) is 0 Å². The van der Waals surface area contributed by atoms with Gasteiger partial charge in [-0.1, -0.05) is 23.7 Å². The highest BCUT2D eigenvalue weighted by Gasteiger charge is 2.09. The van der Waals surface area contributed by atoms with Crippen LogP contribution >= 0.6 is 11.6 Å². The lowest BCUT2D eigenvalue weighted by atomic mass is 10.2. The molecule has 1 unspecified atom stereocenters. The van der Waals surface area contributed by atoms with Crippen molar-refractivity contribution < 1.29 is 14.2 Å². The molecule has 0 amide bonds. The predicted octanol–water partition coefficient (Wildman–Crippen LogP) is 4.24. The molecule has 0 aromatic heterocycles. The van der Waals surface area contributed by atoms with Crippen LogP contribution in [-0.2, 0) is 0 Å². The highest BCUT2D eigenvalue weighted by Crippen LogP contribution is 2.29. The number of halogens is 1. The molecule has 0 aliphatic heterocycles. The van der Waals surface area contributed by atoms with Crippen molar-refractivity contribution in [1.29, 1.82) is 0 Å². The molecule has 2 aromatic rings. The topological polar surface area (TPSA) is 39.7 Å². The largest absolute Gasteiger partial charge is 0.497 e. The van der Waals surface area contributed by atoms with E-state index in [1.807, 2.05) is 49.4 Å². The molecule has 118 valence electrons. The number of para-hydroxylation sites is 1. The summed E-state index contributed by atoms with van der Waals surface area (Å²) in [5.74, 6) is 2.20. The van der Waals surface area contributed by atoms with Crippen LogP contribution in [0.2, 0.25) is 5.02 Å².